The van der Waals surface area contributed by atoms with Gasteiger partial charge in [-0.05, 0) is 56.9 Å². The van der Waals surface area contributed by atoms with Gasteiger partial charge in [-0.25, -0.2) is 0 Å². The number of allylic oxidation sites excluding steroid dienone is 1. The number of ketones is 1. The van der Waals surface area contributed by atoms with Crippen LogP contribution in [0.4, 0.5) is 0 Å². The maximum Gasteiger partial charge on any atom is 0.159 e. The van der Waals surface area contributed by atoms with Crippen LogP contribution < -0.4 is 4.74 Å². The number of aryl methyl sites for hydroxylation is 1. The van der Waals surface area contributed by atoms with Crippen LogP contribution in [-0.2, 0) is 0 Å². The number of rotatable bonds is 9. The van der Waals surface area contributed by atoms with E-state index in [9.17, 15) is 4.79 Å². The van der Waals surface area contributed by atoms with Crippen LogP contribution in [-0.4, -0.2) is 12.4 Å². The number of benzene rings is 1. The van der Waals surface area contributed by atoms with Crippen molar-refractivity contribution in [3.63, 3.8) is 0 Å². The van der Waals surface area contributed by atoms with E-state index < -0.39 is 0 Å². The van der Waals surface area contributed by atoms with Gasteiger partial charge in [0.15, 0.2) is 5.78 Å². The molecule has 1 aromatic carbocycles. The molecular weight excluding hydrogens is 248 g/mol. The number of unbranched alkanes of at least 4 members (excludes halogenated alkanes) is 4. The monoisotopic (exact) mass is 276 g/mol. The first-order chi connectivity index (χ1) is 9.15. The molecule has 1 rings (SSSR count). The maximum atomic E-state index is 11.2. The number of Topliss-reactive ketones (excluding diaryl/α,β-unsaturated/α-hetero) is 1. The van der Waals surface area contributed by atoms with E-state index in [4.69, 9.17) is 4.74 Å². The van der Waals surface area contributed by atoms with Crippen molar-refractivity contribution >= 4 is 5.78 Å². The van der Waals surface area contributed by atoms with E-state index in [0.29, 0.717) is 0 Å². The van der Waals surface area contributed by atoms with Gasteiger partial charge in [0.2, 0.25) is 0 Å². The summed E-state index contributed by atoms with van der Waals surface area (Å²) in [5.41, 5.74) is 1.77. The summed E-state index contributed by atoms with van der Waals surface area (Å²) < 4.78 is 5.75. The molecule has 0 radical (unpaired) electrons. The lowest BCUT2D eigenvalue weighted by molar-refractivity contribution is 0.101. The summed E-state index contributed by atoms with van der Waals surface area (Å²) in [6.07, 6.45) is 7.79. The predicted octanol–water partition coefficient (Wildman–Crippen LogP) is 5.35. The normalized spacial score (nSPS) is 9.70. The van der Waals surface area contributed by atoms with Crippen LogP contribution in [0.15, 0.2) is 30.9 Å². The van der Waals surface area contributed by atoms with E-state index in [-0.39, 0.29) is 13.2 Å². The standard InChI is InChI=1S/C17H24O2.CH4/c1-4-5-6-7-8-9-12-19-17-11-10-16(15(3)18)13-14(17)2;/h4,10-11,13H,1,5-9,12H2,2-3H3;1H4. The van der Waals surface area contributed by atoms with Crippen molar-refractivity contribution in [1.82, 2.24) is 0 Å². The molecule has 112 valence electrons. The molecule has 0 aliphatic rings. The lowest BCUT2D eigenvalue weighted by Crippen LogP contribution is -2.00. The Kier molecular flexibility index (Phi) is 9.44. The van der Waals surface area contributed by atoms with Gasteiger partial charge in [-0.1, -0.05) is 26.3 Å². The Bertz CT molecular complexity index is 421. The summed E-state index contributed by atoms with van der Waals surface area (Å²) >= 11 is 0. The van der Waals surface area contributed by atoms with Crippen molar-refractivity contribution in [2.45, 2.75) is 53.4 Å². The minimum Gasteiger partial charge on any atom is -0.493 e. The van der Waals surface area contributed by atoms with Gasteiger partial charge >= 0.3 is 0 Å². The van der Waals surface area contributed by atoms with Gasteiger partial charge in [0.05, 0.1) is 6.61 Å². The van der Waals surface area contributed by atoms with Crippen LogP contribution in [0.3, 0.4) is 0 Å². The number of carbonyl (C=O) groups is 1. The number of carbonyl (C=O) groups excluding carboxylic acids is 1. The Labute approximate surface area is 123 Å². The summed E-state index contributed by atoms with van der Waals surface area (Å²) in [5, 5.41) is 0. The maximum absolute atomic E-state index is 11.2. The Morgan fingerprint density at radius 3 is 2.55 bits per heavy atom. The topological polar surface area (TPSA) is 26.3 Å². The van der Waals surface area contributed by atoms with E-state index in [1.807, 2.05) is 31.2 Å². The number of hydrogen-bond donors (Lipinski definition) is 0. The third-order valence-corrected chi connectivity index (χ3v) is 3.14. The zero-order chi connectivity index (χ0) is 14.1. The minimum absolute atomic E-state index is 0. The largest absolute Gasteiger partial charge is 0.493 e. The molecule has 2 nitrogen and oxygen atoms in total. The van der Waals surface area contributed by atoms with E-state index in [0.717, 1.165) is 36.3 Å². The molecule has 1 aromatic rings. The first-order valence-corrected chi connectivity index (χ1v) is 7.00. The highest BCUT2D eigenvalue weighted by molar-refractivity contribution is 5.94. The molecule has 0 saturated heterocycles. The fourth-order valence-electron chi connectivity index (χ4n) is 1.96. The highest BCUT2D eigenvalue weighted by Crippen LogP contribution is 2.20. The minimum atomic E-state index is 0. The molecule has 0 spiro atoms. The van der Waals surface area contributed by atoms with Crippen LogP contribution in [0.25, 0.3) is 0 Å². The number of hydrogen-bond acceptors (Lipinski definition) is 2. The van der Waals surface area contributed by atoms with E-state index >= 15 is 0 Å². The van der Waals surface area contributed by atoms with Gasteiger partial charge in [0, 0.05) is 5.56 Å². The molecule has 0 fully saturated rings. The molecule has 20 heavy (non-hydrogen) atoms. The second kappa shape index (κ2) is 10.2. The predicted molar refractivity (Wildman–Crippen MR) is 86.7 cm³/mol. The molecule has 0 bridgehead atoms. The molecule has 0 amide bonds. The zero-order valence-electron chi connectivity index (χ0n) is 12.1. The fraction of sp³-hybridized carbons (Fsp3) is 0.500. The Morgan fingerprint density at radius 1 is 1.25 bits per heavy atom. The molecule has 0 aromatic heterocycles. The Hall–Kier alpha value is -1.57. The summed E-state index contributed by atoms with van der Waals surface area (Å²) in [7, 11) is 0. The summed E-state index contributed by atoms with van der Waals surface area (Å²) in [4.78, 5) is 11.2. The van der Waals surface area contributed by atoms with Crippen molar-refractivity contribution in [3.8, 4) is 5.75 Å². The van der Waals surface area contributed by atoms with E-state index in [2.05, 4.69) is 6.58 Å². The summed E-state index contributed by atoms with van der Waals surface area (Å²) in [6, 6.07) is 5.61. The lowest BCUT2D eigenvalue weighted by Gasteiger charge is -2.09. The molecular formula is C18H28O2. The first-order valence-electron chi connectivity index (χ1n) is 7.00. The van der Waals surface area contributed by atoms with Gasteiger partial charge in [-0.15, -0.1) is 6.58 Å². The van der Waals surface area contributed by atoms with Crippen LogP contribution in [0, 0.1) is 6.92 Å². The smallest absolute Gasteiger partial charge is 0.159 e. The van der Waals surface area contributed by atoms with Crippen LogP contribution in [0.1, 0.15) is 62.4 Å². The first kappa shape index (κ1) is 18.4. The quantitative estimate of drug-likeness (QED) is 0.345. The second-order valence-corrected chi connectivity index (χ2v) is 4.88. The summed E-state index contributed by atoms with van der Waals surface area (Å²) in [5.74, 6) is 0.980. The van der Waals surface area contributed by atoms with Gasteiger partial charge in [0.25, 0.3) is 0 Å². The van der Waals surface area contributed by atoms with Crippen LogP contribution in [0.5, 0.6) is 5.75 Å². The third-order valence-electron chi connectivity index (χ3n) is 3.14. The van der Waals surface area contributed by atoms with Gasteiger partial charge in [-0.2, -0.15) is 0 Å². The zero-order valence-corrected chi connectivity index (χ0v) is 12.1. The van der Waals surface area contributed by atoms with Gasteiger partial charge in [-0.3, -0.25) is 4.79 Å². The highest BCUT2D eigenvalue weighted by atomic mass is 16.5. The van der Waals surface area contributed by atoms with Crippen LogP contribution >= 0.6 is 0 Å². The van der Waals surface area contributed by atoms with Crippen molar-refractivity contribution in [1.29, 1.82) is 0 Å². The molecule has 0 aliphatic carbocycles. The SMILES string of the molecule is C.C=CCCCCCCOc1ccc(C(C)=O)cc1C. The number of ether oxygens (including phenoxy) is 1. The van der Waals surface area contributed by atoms with Crippen molar-refractivity contribution < 1.29 is 9.53 Å². The van der Waals surface area contributed by atoms with Crippen molar-refractivity contribution in [2.24, 2.45) is 0 Å². The molecule has 0 aliphatic heterocycles. The Morgan fingerprint density at radius 2 is 1.95 bits per heavy atom. The van der Waals surface area contributed by atoms with Crippen LogP contribution in [0.2, 0.25) is 0 Å². The van der Waals surface area contributed by atoms with E-state index in [1.54, 1.807) is 6.92 Å². The average molecular weight is 276 g/mol. The second-order valence-electron chi connectivity index (χ2n) is 4.88. The van der Waals surface area contributed by atoms with Crippen molar-refractivity contribution in [2.75, 3.05) is 6.61 Å². The molecule has 0 saturated carbocycles. The molecule has 0 unspecified atom stereocenters. The highest BCUT2D eigenvalue weighted by Gasteiger charge is 2.04. The third kappa shape index (κ3) is 6.55. The Balaban J connectivity index is 0.00000361. The molecule has 0 N–H and O–H groups in total. The van der Waals surface area contributed by atoms with Crippen molar-refractivity contribution in [3.05, 3.63) is 42.0 Å². The molecule has 2 heteroatoms. The fourth-order valence-corrected chi connectivity index (χ4v) is 1.96. The lowest BCUT2D eigenvalue weighted by atomic mass is 10.1. The van der Waals surface area contributed by atoms with Gasteiger partial charge in [0.1, 0.15) is 5.75 Å². The van der Waals surface area contributed by atoms with Gasteiger partial charge < -0.3 is 4.74 Å². The molecule has 0 heterocycles. The average Bonchev–Trinajstić information content (AvgIpc) is 2.39. The molecule has 0 atom stereocenters. The van der Waals surface area contributed by atoms with E-state index in [1.165, 1.54) is 19.3 Å². The summed E-state index contributed by atoms with van der Waals surface area (Å²) in [6.45, 7) is 8.02.